The normalized spacial score (nSPS) is 21.0. The number of morpholine rings is 1. The van der Waals surface area contributed by atoms with Crippen LogP contribution in [0.4, 0.5) is 0 Å². The van der Waals surface area contributed by atoms with Crippen LogP contribution in [0.3, 0.4) is 0 Å². The molecule has 0 radical (unpaired) electrons. The van der Waals surface area contributed by atoms with Crippen molar-refractivity contribution in [3.63, 3.8) is 0 Å². The van der Waals surface area contributed by atoms with Gasteiger partial charge in [-0.2, -0.15) is 0 Å². The Hall–Kier alpha value is -1.24. The van der Waals surface area contributed by atoms with Gasteiger partial charge in [0.15, 0.2) is 4.96 Å². The molecule has 1 atom stereocenters. The van der Waals surface area contributed by atoms with Crippen molar-refractivity contribution >= 4 is 16.3 Å². The van der Waals surface area contributed by atoms with Crippen molar-refractivity contribution in [1.29, 1.82) is 0 Å². The number of fused-ring (bicyclic) bond motifs is 1. The predicted molar refractivity (Wildman–Crippen MR) is 74.6 cm³/mol. The third-order valence-electron chi connectivity index (χ3n) is 3.42. The van der Waals surface area contributed by atoms with Gasteiger partial charge in [-0.3, -0.25) is 14.1 Å². The molecule has 0 amide bonds. The quantitative estimate of drug-likeness (QED) is 0.851. The maximum atomic E-state index is 11.9. The third kappa shape index (κ3) is 2.70. The summed E-state index contributed by atoms with van der Waals surface area (Å²) in [6.07, 6.45) is 3.10. The minimum Gasteiger partial charge on any atom is -0.376 e. The highest BCUT2D eigenvalue weighted by Crippen LogP contribution is 2.12. The van der Waals surface area contributed by atoms with E-state index in [4.69, 9.17) is 4.74 Å². The third-order valence-corrected chi connectivity index (χ3v) is 4.18. The second-order valence-electron chi connectivity index (χ2n) is 4.78. The van der Waals surface area contributed by atoms with Gasteiger partial charge in [0.05, 0.1) is 18.4 Å². The van der Waals surface area contributed by atoms with Crippen LogP contribution in [0, 0.1) is 0 Å². The van der Waals surface area contributed by atoms with Gasteiger partial charge in [-0.05, 0) is 6.42 Å². The van der Waals surface area contributed by atoms with E-state index in [1.165, 1.54) is 11.3 Å². The highest BCUT2D eigenvalue weighted by Gasteiger charge is 2.19. The minimum atomic E-state index is 0.00144. The Bertz CT molecular complexity index is 622. The Morgan fingerprint density at radius 3 is 3.32 bits per heavy atom. The fourth-order valence-corrected chi connectivity index (χ4v) is 3.11. The molecule has 5 nitrogen and oxygen atoms in total. The van der Waals surface area contributed by atoms with Crippen LogP contribution in [-0.2, 0) is 11.3 Å². The lowest BCUT2D eigenvalue weighted by atomic mass is 10.2. The van der Waals surface area contributed by atoms with E-state index in [0.29, 0.717) is 6.10 Å². The van der Waals surface area contributed by atoms with Crippen LogP contribution < -0.4 is 5.56 Å². The average Bonchev–Trinajstić information content (AvgIpc) is 2.88. The maximum Gasteiger partial charge on any atom is 0.258 e. The van der Waals surface area contributed by atoms with E-state index < -0.39 is 0 Å². The Kier molecular flexibility index (Phi) is 3.63. The highest BCUT2D eigenvalue weighted by atomic mass is 32.1. The van der Waals surface area contributed by atoms with E-state index in [1.807, 2.05) is 5.38 Å². The number of aromatic nitrogens is 2. The van der Waals surface area contributed by atoms with E-state index >= 15 is 0 Å². The van der Waals surface area contributed by atoms with Crippen LogP contribution in [0.2, 0.25) is 0 Å². The Balaban J connectivity index is 1.79. The van der Waals surface area contributed by atoms with Crippen molar-refractivity contribution in [2.24, 2.45) is 0 Å². The molecule has 3 rings (SSSR count). The molecule has 19 heavy (non-hydrogen) atoms. The molecule has 0 aromatic carbocycles. The zero-order valence-corrected chi connectivity index (χ0v) is 11.7. The maximum absolute atomic E-state index is 11.9. The topological polar surface area (TPSA) is 46.8 Å². The Morgan fingerprint density at radius 1 is 1.58 bits per heavy atom. The number of hydrogen-bond donors (Lipinski definition) is 0. The summed E-state index contributed by atoms with van der Waals surface area (Å²) in [4.78, 5) is 19.5. The summed E-state index contributed by atoms with van der Waals surface area (Å²) < 4.78 is 7.24. The van der Waals surface area contributed by atoms with E-state index in [0.717, 1.165) is 43.3 Å². The molecule has 2 aromatic heterocycles. The van der Waals surface area contributed by atoms with Gasteiger partial charge in [0.25, 0.3) is 5.56 Å². The fraction of sp³-hybridized carbons (Fsp3) is 0.538. The predicted octanol–water partition coefficient (Wildman–Crippen LogP) is 1.37. The highest BCUT2D eigenvalue weighted by molar-refractivity contribution is 7.15. The molecule has 0 bridgehead atoms. The van der Waals surface area contributed by atoms with E-state index in [1.54, 1.807) is 16.7 Å². The summed E-state index contributed by atoms with van der Waals surface area (Å²) in [5, 5.41) is 1.88. The zero-order valence-electron chi connectivity index (χ0n) is 10.9. The summed E-state index contributed by atoms with van der Waals surface area (Å²) >= 11 is 1.49. The number of thiazole rings is 1. The standard InChI is InChI=1S/C13H17N3O2S/c1-2-11-9-15(3-5-18-11)8-10-7-12(17)16-4-6-19-13(16)14-10/h4,6-7,11H,2-3,5,8-9H2,1H3/t11-/m0/s1. The number of hydrogen-bond acceptors (Lipinski definition) is 5. The molecule has 0 spiro atoms. The monoisotopic (exact) mass is 279 g/mol. The number of nitrogens with zero attached hydrogens (tertiary/aromatic N) is 3. The van der Waals surface area contributed by atoms with Crippen molar-refractivity contribution in [3.8, 4) is 0 Å². The van der Waals surface area contributed by atoms with Gasteiger partial charge in [-0.1, -0.05) is 6.92 Å². The molecule has 0 aliphatic carbocycles. The Morgan fingerprint density at radius 2 is 2.47 bits per heavy atom. The summed E-state index contributed by atoms with van der Waals surface area (Å²) in [5.41, 5.74) is 0.853. The largest absolute Gasteiger partial charge is 0.376 e. The lowest BCUT2D eigenvalue weighted by Gasteiger charge is -2.32. The number of ether oxygens (including phenoxy) is 1. The molecule has 0 saturated carbocycles. The molecule has 0 N–H and O–H groups in total. The lowest BCUT2D eigenvalue weighted by Crippen LogP contribution is -2.41. The van der Waals surface area contributed by atoms with Crippen molar-refractivity contribution in [2.45, 2.75) is 26.0 Å². The fourth-order valence-electron chi connectivity index (χ4n) is 2.37. The van der Waals surface area contributed by atoms with Crippen molar-refractivity contribution in [1.82, 2.24) is 14.3 Å². The first-order chi connectivity index (χ1) is 9.26. The summed E-state index contributed by atoms with van der Waals surface area (Å²) in [5.74, 6) is 0. The van der Waals surface area contributed by atoms with Gasteiger partial charge in [0, 0.05) is 37.3 Å². The molecule has 2 aromatic rings. The second-order valence-corrected chi connectivity index (χ2v) is 5.65. The zero-order chi connectivity index (χ0) is 13.2. The van der Waals surface area contributed by atoms with Crippen molar-refractivity contribution in [2.75, 3.05) is 19.7 Å². The molecule has 1 aliphatic rings. The van der Waals surface area contributed by atoms with E-state index in [9.17, 15) is 4.79 Å². The SMILES string of the molecule is CC[C@H]1CN(Cc2cc(=O)n3ccsc3n2)CCO1. The van der Waals surface area contributed by atoms with E-state index in [2.05, 4.69) is 16.8 Å². The van der Waals surface area contributed by atoms with E-state index in [-0.39, 0.29) is 5.56 Å². The van der Waals surface area contributed by atoms with Crippen LogP contribution >= 0.6 is 11.3 Å². The van der Waals surface area contributed by atoms with Crippen molar-refractivity contribution in [3.05, 3.63) is 33.7 Å². The summed E-state index contributed by atoms with van der Waals surface area (Å²) in [6.45, 7) is 5.45. The van der Waals surface area contributed by atoms with Crippen molar-refractivity contribution < 1.29 is 4.74 Å². The molecule has 0 unspecified atom stereocenters. The van der Waals surface area contributed by atoms with Gasteiger partial charge in [-0.25, -0.2) is 4.98 Å². The summed E-state index contributed by atoms with van der Waals surface area (Å²) in [6, 6.07) is 1.64. The van der Waals surface area contributed by atoms with Crippen LogP contribution in [-0.4, -0.2) is 40.1 Å². The van der Waals surface area contributed by atoms with Gasteiger partial charge in [0.2, 0.25) is 0 Å². The van der Waals surface area contributed by atoms with Crippen LogP contribution in [0.1, 0.15) is 19.0 Å². The van der Waals surface area contributed by atoms with Crippen LogP contribution in [0.15, 0.2) is 22.4 Å². The molecule has 3 heterocycles. The van der Waals surface area contributed by atoms with Gasteiger partial charge in [-0.15, -0.1) is 11.3 Å². The van der Waals surface area contributed by atoms with Gasteiger partial charge < -0.3 is 4.74 Å². The average molecular weight is 279 g/mol. The first-order valence-corrected chi connectivity index (χ1v) is 7.44. The molecule has 1 aliphatic heterocycles. The van der Waals surface area contributed by atoms with Crippen LogP contribution in [0.25, 0.3) is 4.96 Å². The van der Waals surface area contributed by atoms with Crippen LogP contribution in [0.5, 0.6) is 0 Å². The molecule has 1 saturated heterocycles. The summed E-state index contributed by atoms with van der Waals surface area (Å²) in [7, 11) is 0. The molecular weight excluding hydrogens is 262 g/mol. The van der Waals surface area contributed by atoms with Gasteiger partial charge in [0.1, 0.15) is 0 Å². The molecule has 6 heteroatoms. The Labute approximate surface area is 115 Å². The minimum absolute atomic E-state index is 0.00144. The first kappa shape index (κ1) is 12.8. The second kappa shape index (κ2) is 5.40. The number of rotatable bonds is 3. The van der Waals surface area contributed by atoms with Gasteiger partial charge >= 0.3 is 0 Å². The smallest absolute Gasteiger partial charge is 0.258 e. The molecule has 1 fully saturated rings. The first-order valence-electron chi connectivity index (χ1n) is 6.56. The lowest BCUT2D eigenvalue weighted by molar-refractivity contribution is -0.0328. The molecular formula is C13H17N3O2S. The molecule has 102 valence electrons.